The Kier molecular flexibility index (Phi) is 5.50. The molecule has 0 saturated heterocycles. The number of hydrogen-bond donors (Lipinski definition) is 1. The number of rotatable bonds is 6. The molecule has 4 nitrogen and oxygen atoms in total. The van der Waals surface area contributed by atoms with E-state index in [0.29, 0.717) is 22.2 Å². The molecule has 1 N–H and O–H groups in total. The van der Waals surface area contributed by atoms with Crippen LogP contribution in [0.2, 0.25) is 5.02 Å². The molecule has 0 saturated carbocycles. The summed E-state index contributed by atoms with van der Waals surface area (Å²) in [6.07, 6.45) is 0. The summed E-state index contributed by atoms with van der Waals surface area (Å²) in [5.41, 5.74) is 0. The largest absolute Gasteiger partial charge is 0.455 e. The highest BCUT2D eigenvalue weighted by molar-refractivity contribution is 7.84. The molecule has 3 rings (SSSR count). The van der Waals surface area contributed by atoms with Crippen molar-refractivity contribution in [3.05, 3.63) is 75.3 Å². The van der Waals surface area contributed by atoms with E-state index in [-0.39, 0.29) is 17.4 Å². The molecule has 1 aromatic carbocycles. The first-order valence-corrected chi connectivity index (χ1v) is 9.73. The van der Waals surface area contributed by atoms with Gasteiger partial charge in [0.1, 0.15) is 5.76 Å². The van der Waals surface area contributed by atoms with Gasteiger partial charge in [-0.05, 0) is 41.8 Å². The summed E-state index contributed by atoms with van der Waals surface area (Å²) in [6.45, 7) is 0.459. The molecule has 1 atom stereocenters. The van der Waals surface area contributed by atoms with Crippen LogP contribution in [0, 0.1) is 0 Å². The zero-order valence-corrected chi connectivity index (χ0v) is 14.9. The monoisotopic (exact) mass is 379 g/mol. The van der Waals surface area contributed by atoms with Crippen molar-refractivity contribution < 1.29 is 13.4 Å². The number of carbonyl (C=O) groups is 1. The van der Waals surface area contributed by atoms with Crippen molar-refractivity contribution in [2.45, 2.75) is 17.2 Å². The van der Waals surface area contributed by atoms with E-state index in [1.165, 1.54) is 0 Å². The van der Waals surface area contributed by atoms with E-state index >= 15 is 0 Å². The fraction of sp³-hybridized carbons (Fsp3) is 0.118. The van der Waals surface area contributed by atoms with Crippen LogP contribution >= 0.6 is 22.9 Å². The van der Waals surface area contributed by atoms with Gasteiger partial charge in [0.15, 0.2) is 5.76 Å². The molecule has 0 aliphatic rings. The van der Waals surface area contributed by atoms with E-state index in [4.69, 9.17) is 16.0 Å². The molecule has 0 unspecified atom stereocenters. The molecule has 24 heavy (non-hydrogen) atoms. The highest BCUT2D eigenvalue weighted by atomic mass is 35.5. The minimum absolute atomic E-state index is 0.193. The normalized spacial score (nSPS) is 12.0. The van der Waals surface area contributed by atoms with Gasteiger partial charge in [-0.1, -0.05) is 23.7 Å². The van der Waals surface area contributed by atoms with Crippen LogP contribution in [-0.4, -0.2) is 10.1 Å². The Labute approximate surface area is 150 Å². The standard InChI is InChI=1S/C17H14ClNO3S2/c18-12-3-1-5-15(9-12)24(21)11-13-6-7-16(22-13)17(20)19-10-14-4-2-8-23-14/h1-9H,10-11H2,(H,19,20)/t24-/m1/s1. The van der Waals surface area contributed by atoms with Crippen molar-refractivity contribution in [3.8, 4) is 0 Å². The average molecular weight is 380 g/mol. The lowest BCUT2D eigenvalue weighted by molar-refractivity contribution is 0.0922. The molecular formula is C17H14ClNO3S2. The van der Waals surface area contributed by atoms with E-state index < -0.39 is 10.8 Å². The number of nitrogens with one attached hydrogen (secondary N) is 1. The molecule has 2 heterocycles. The Morgan fingerprint density at radius 1 is 1.21 bits per heavy atom. The highest BCUT2D eigenvalue weighted by Crippen LogP contribution is 2.18. The lowest BCUT2D eigenvalue weighted by Crippen LogP contribution is -2.21. The Hall–Kier alpha value is -1.89. The summed E-state index contributed by atoms with van der Waals surface area (Å²) in [7, 11) is -1.28. The molecule has 124 valence electrons. The lowest BCUT2D eigenvalue weighted by atomic mass is 10.4. The summed E-state index contributed by atoms with van der Waals surface area (Å²) in [4.78, 5) is 13.8. The number of amides is 1. The topological polar surface area (TPSA) is 59.3 Å². The second kappa shape index (κ2) is 7.79. The number of carbonyl (C=O) groups excluding carboxylic acids is 1. The van der Waals surface area contributed by atoms with Crippen molar-refractivity contribution in [1.29, 1.82) is 0 Å². The fourth-order valence-corrected chi connectivity index (χ4v) is 4.03. The van der Waals surface area contributed by atoms with Crippen LogP contribution in [0.3, 0.4) is 0 Å². The molecule has 0 spiro atoms. The van der Waals surface area contributed by atoms with Crippen LogP contribution in [0.5, 0.6) is 0 Å². The summed E-state index contributed by atoms with van der Waals surface area (Å²) in [6, 6.07) is 14.0. The lowest BCUT2D eigenvalue weighted by Gasteiger charge is -2.02. The molecule has 1 amide bonds. The summed E-state index contributed by atoms with van der Waals surface area (Å²) >= 11 is 7.48. The van der Waals surface area contributed by atoms with Gasteiger partial charge in [0.25, 0.3) is 5.91 Å². The maximum absolute atomic E-state index is 12.3. The van der Waals surface area contributed by atoms with Crippen LogP contribution in [0.15, 0.2) is 63.2 Å². The number of benzene rings is 1. The Morgan fingerprint density at radius 3 is 2.83 bits per heavy atom. The van der Waals surface area contributed by atoms with E-state index in [0.717, 1.165) is 4.88 Å². The molecule has 0 aliphatic carbocycles. The van der Waals surface area contributed by atoms with Crippen molar-refractivity contribution in [1.82, 2.24) is 5.32 Å². The molecule has 0 bridgehead atoms. The molecule has 0 fully saturated rings. The second-order valence-electron chi connectivity index (χ2n) is 4.98. The smallest absolute Gasteiger partial charge is 0.287 e. The predicted octanol–water partition coefficient (Wildman–Crippen LogP) is 4.23. The van der Waals surface area contributed by atoms with Gasteiger partial charge in [-0.25, -0.2) is 0 Å². The SMILES string of the molecule is O=C(NCc1cccs1)c1ccc(C[S@@](=O)c2cccc(Cl)c2)o1. The number of thiophene rings is 1. The molecule has 3 aromatic rings. The molecule has 2 aromatic heterocycles. The van der Waals surface area contributed by atoms with Crippen LogP contribution in [-0.2, 0) is 23.1 Å². The second-order valence-corrected chi connectivity index (χ2v) is 7.90. The summed E-state index contributed by atoms with van der Waals surface area (Å²) in [5, 5.41) is 5.28. The highest BCUT2D eigenvalue weighted by Gasteiger charge is 2.14. The maximum atomic E-state index is 12.3. The first-order chi connectivity index (χ1) is 11.6. The van der Waals surface area contributed by atoms with E-state index in [1.807, 2.05) is 17.5 Å². The third-order valence-electron chi connectivity index (χ3n) is 3.22. The maximum Gasteiger partial charge on any atom is 0.287 e. The van der Waals surface area contributed by atoms with E-state index in [9.17, 15) is 9.00 Å². The van der Waals surface area contributed by atoms with Gasteiger partial charge in [0, 0.05) is 14.8 Å². The van der Waals surface area contributed by atoms with Crippen LogP contribution < -0.4 is 5.32 Å². The minimum Gasteiger partial charge on any atom is -0.455 e. The van der Waals surface area contributed by atoms with Gasteiger partial charge >= 0.3 is 0 Å². The summed E-state index contributed by atoms with van der Waals surface area (Å²) < 4.78 is 17.8. The van der Waals surface area contributed by atoms with Crippen LogP contribution in [0.4, 0.5) is 0 Å². The number of halogens is 1. The third kappa shape index (κ3) is 4.35. The van der Waals surface area contributed by atoms with E-state index in [1.54, 1.807) is 47.7 Å². The first-order valence-electron chi connectivity index (χ1n) is 7.15. The third-order valence-corrected chi connectivity index (χ3v) is 5.66. The minimum atomic E-state index is -1.28. The fourth-order valence-electron chi connectivity index (χ4n) is 2.07. The van der Waals surface area contributed by atoms with Gasteiger partial charge in [-0.2, -0.15) is 0 Å². The zero-order valence-electron chi connectivity index (χ0n) is 12.5. The van der Waals surface area contributed by atoms with Crippen molar-refractivity contribution >= 4 is 39.6 Å². The van der Waals surface area contributed by atoms with E-state index in [2.05, 4.69) is 5.32 Å². The molecule has 7 heteroatoms. The molecule has 0 aliphatic heterocycles. The van der Waals surface area contributed by atoms with Crippen molar-refractivity contribution in [3.63, 3.8) is 0 Å². The molecule has 0 radical (unpaired) electrons. The van der Waals surface area contributed by atoms with Gasteiger partial charge in [-0.15, -0.1) is 11.3 Å². The van der Waals surface area contributed by atoms with Crippen molar-refractivity contribution in [2.75, 3.05) is 0 Å². The molecular weight excluding hydrogens is 366 g/mol. The predicted molar refractivity (Wildman–Crippen MR) is 95.8 cm³/mol. The Morgan fingerprint density at radius 2 is 2.08 bits per heavy atom. The van der Waals surface area contributed by atoms with Gasteiger partial charge in [0.05, 0.1) is 23.1 Å². The number of furan rings is 1. The Bertz CT molecular complexity index is 858. The number of hydrogen-bond acceptors (Lipinski definition) is 4. The quantitative estimate of drug-likeness (QED) is 0.697. The van der Waals surface area contributed by atoms with Gasteiger partial charge in [0.2, 0.25) is 0 Å². The van der Waals surface area contributed by atoms with Crippen LogP contribution in [0.1, 0.15) is 21.2 Å². The summed E-state index contributed by atoms with van der Waals surface area (Å²) in [5.74, 6) is 0.612. The van der Waals surface area contributed by atoms with Gasteiger partial charge in [-0.3, -0.25) is 9.00 Å². The zero-order chi connectivity index (χ0) is 16.9. The van der Waals surface area contributed by atoms with Gasteiger partial charge < -0.3 is 9.73 Å². The Balaban J connectivity index is 1.60. The van der Waals surface area contributed by atoms with Crippen LogP contribution in [0.25, 0.3) is 0 Å². The average Bonchev–Trinajstić information content (AvgIpc) is 3.24. The van der Waals surface area contributed by atoms with Crippen molar-refractivity contribution in [2.24, 2.45) is 0 Å². The first kappa shape index (κ1) is 17.0.